The van der Waals surface area contributed by atoms with E-state index in [4.69, 9.17) is 16.7 Å². The molecule has 8 nitrogen and oxygen atoms in total. The van der Waals surface area contributed by atoms with Crippen LogP contribution in [-0.4, -0.2) is 45.8 Å². The number of halogens is 1. The first-order valence-electron chi connectivity index (χ1n) is 5.94. The fourth-order valence-corrected chi connectivity index (χ4v) is 1.70. The lowest BCUT2D eigenvalue weighted by Gasteiger charge is -2.02. The van der Waals surface area contributed by atoms with E-state index >= 15 is 0 Å². The topological polar surface area (TPSA) is 113 Å². The van der Waals surface area contributed by atoms with E-state index in [1.54, 1.807) is 14.0 Å². The largest absolute Gasteiger partial charge is 0.480 e. The van der Waals surface area contributed by atoms with Crippen molar-refractivity contribution in [2.45, 2.75) is 6.92 Å². The third-order valence-corrected chi connectivity index (χ3v) is 2.91. The third kappa shape index (κ3) is 5.27. The van der Waals surface area contributed by atoms with E-state index in [0.717, 1.165) is 0 Å². The molecule has 0 radical (unpaired) electrons. The first kappa shape index (κ1) is 16.7. The van der Waals surface area contributed by atoms with E-state index in [1.807, 2.05) is 0 Å². The summed E-state index contributed by atoms with van der Waals surface area (Å²) < 4.78 is 1.48. The smallest absolute Gasteiger partial charge is 0.322 e. The summed E-state index contributed by atoms with van der Waals surface area (Å²) in [6, 6.07) is 0. The highest BCUT2D eigenvalue weighted by molar-refractivity contribution is 6.31. The highest BCUT2D eigenvalue weighted by Gasteiger charge is 2.09. The molecule has 0 aliphatic carbocycles. The Morgan fingerprint density at radius 3 is 2.52 bits per heavy atom. The van der Waals surface area contributed by atoms with E-state index in [2.05, 4.69) is 15.7 Å². The molecule has 3 N–H and O–H groups in total. The first-order chi connectivity index (χ1) is 9.81. The summed E-state index contributed by atoms with van der Waals surface area (Å²) in [4.78, 5) is 32.9. The van der Waals surface area contributed by atoms with Crippen molar-refractivity contribution in [2.24, 2.45) is 7.05 Å². The number of carbonyl (C=O) groups excluding carboxylic acids is 2. The van der Waals surface area contributed by atoms with Crippen LogP contribution in [0, 0.1) is 6.92 Å². The molecule has 0 atom stereocenters. The standard InChI is InChI=1S/C12H15ClN4O4/c1-7-8(12(13)17(2)16-7)3-4-9(18)14-5-10(19)15-6-11(20)21/h3-4H,5-6H2,1-2H3,(H,14,18)(H,15,19)(H,20,21)/b4-3+. The Balaban J connectivity index is 2.48. The van der Waals surface area contributed by atoms with Gasteiger partial charge < -0.3 is 15.7 Å². The maximum absolute atomic E-state index is 11.5. The maximum atomic E-state index is 11.5. The van der Waals surface area contributed by atoms with Gasteiger partial charge in [-0.1, -0.05) is 11.6 Å². The summed E-state index contributed by atoms with van der Waals surface area (Å²) in [7, 11) is 1.68. The van der Waals surface area contributed by atoms with Gasteiger partial charge in [0.25, 0.3) is 0 Å². The summed E-state index contributed by atoms with van der Waals surface area (Å²) in [5.41, 5.74) is 1.29. The van der Waals surface area contributed by atoms with Crippen LogP contribution in [0.25, 0.3) is 6.08 Å². The molecule has 0 fully saturated rings. The van der Waals surface area contributed by atoms with E-state index in [-0.39, 0.29) is 6.54 Å². The molecule has 1 heterocycles. The van der Waals surface area contributed by atoms with E-state index in [9.17, 15) is 14.4 Å². The lowest BCUT2D eigenvalue weighted by atomic mass is 10.2. The number of nitrogens with zero attached hydrogens (tertiary/aromatic N) is 2. The van der Waals surface area contributed by atoms with Gasteiger partial charge in [-0.2, -0.15) is 5.10 Å². The van der Waals surface area contributed by atoms with Crippen molar-refractivity contribution in [3.63, 3.8) is 0 Å². The highest BCUT2D eigenvalue weighted by atomic mass is 35.5. The van der Waals surface area contributed by atoms with Crippen LogP contribution in [-0.2, 0) is 21.4 Å². The third-order valence-electron chi connectivity index (χ3n) is 2.46. The van der Waals surface area contributed by atoms with Crippen molar-refractivity contribution >= 4 is 35.5 Å². The Labute approximate surface area is 125 Å². The fourth-order valence-electron chi connectivity index (χ4n) is 1.46. The Morgan fingerprint density at radius 1 is 1.33 bits per heavy atom. The average molecular weight is 315 g/mol. The van der Waals surface area contributed by atoms with Gasteiger partial charge >= 0.3 is 5.97 Å². The second-order valence-electron chi connectivity index (χ2n) is 4.14. The summed E-state index contributed by atoms with van der Waals surface area (Å²) in [6.07, 6.45) is 2.72. The Bertz CT molecular complexity index is 594. The number of aliphatic carboxylic acids is 1. The van der Waals surface area contributed by atoms with Gasteiger partial charge in [0.2, 0.25) is 11.8 Å². The van der Waals surface area contributed by atoms with Crippen LogP contribution in [0.1, 0.15) is 11.3 Å². The highest BCUT2D eigenvalue weighted by Crippen LogP contribution is 2.19. The number of carbonyl (C=O) groups is 3. The molecule has 0 bridgehead atoms. The van der Waals surface area contributed by atoms with Gasteiger partial charge in [0.15, 0.2) is 0 Å². The Hall–Kier alpha value is -2.35. The fraction of sp³-hybridized carbons (Fsp3) is 0.333. The number of aromatic nitrogens is 2. The van der Waals surface area contributed by atoms with Crippen molar-refractivity contribution in [1.29, 1.82) is 0 Å². The number of hydrogen-bond acceptors (Lipinski definition) is 4. The second kappa shape index (κ2) is 7.44. The summed E-state index contributed by atoms with van der Waals surface area (Å²) >= 11 is 5.99. The number of nitrogens with one attached hydrogen (secondary N) is 2. The normalized spacial score (nSPS) is 10.6. The Kier molecular flexibility index (Phi) is 5.92. The molecule has 0 aliphatic heterocycles. The summed E-state index contributed by atoms with van der Waals surface area (Å²) in [5.74, 6) is -2.24. The number of amides is 2. The van der Waals surface area contributed by atoms with E-state index < -0.39 is 24.3 Å². The molecule has 21 heavy (non-hydrogen) atoms. The molecular weight excluding hydrogens is 300 g/mol. The van der Waals surface area contributed by atoms with Crippen LogP contribution in [0.2, 0.25) is 5.15 Å². The second-order valence-corrected chi connectivity index (χ2v) is 4.49. The minimum absolute atomic E-state index is 0.309. The van der Waals surface area contributed by atoms with Crippen molar-refractivity contribution in [1.82, 2.24) is 20.4 Å². The molecule has 1 aromatic heterocycles. The molecule has 0 spiro atoms. The minimum atomic E-state index is -1.16. The average Bonchev–Trinajstić information content (AvgIpc) is 2.65. The zero-order valence-electron chi connectivity index (χ0n) is 11.5. The number of carboxylic acid groups (broad SMARTS) is 1. The van der Waals surface area contributed by atoms with Crippen molar-refractivity contribution in [3.8, 4) is 0 Å². The zero-order chi connectivity index (χ0) is 16.0. The lowest BCUT2D eigenvalue weighted by molar-refractivity contribution is -0.137. The molecule has 0 saturated heterocycles. The lowest BCUT2D eigenvalue weighted by Crippen LogP contribution is -2.38. The molecule has 9 heteroatoms. The minimum Gasteiger partial charge on any atom is -0.480 e. The van der Waals surface area contributed by atoms with Gasteiger partial charge in [-0.05, 0) is 13.0 Å². The molecule has 0 aromatic carbocycles. The van der Waals surface area contributed by atoms with Crippen LogP contribution >= 0.6 is 11.6 Å². The van der Waals surface area contributed by atoms with Crippen molar-refractivity contribution < 1.29 is 19.5 Å². The molecule has 1 aromatic rings. The Morgan fingerprint density at radius 2 is 2.00 bits per heavy atom. The van der Waals surface area contributed by atoms with Crippen LogP contribution in [0.4, 0.5) is 0 Å². The van der Waals surface area contributed by atoms with Gasteiger partial charge in [0.05, 0.1) is 12.2 Å². The van der Waals surface area contributed by atoms with Gasteiger partial charge in [-0.25, -0.2) is 0 Å². The number of hydrogen-bond donors (Lipinski definition) is 3. The molecule has 0 saturated carbocycles. The number of aryl methyl sites for hydroxylation is 2. The number of rotatable bonds is 6. The van der Waals surface area contributed by atoms with Crippen molar-refractivity contribution in [3.05, 3.63) is 22.5 Å². The molecule has 1 rings (SSSR count). The van der Waals surface area contributed by atoms with Crippen LogP contribution in [0.5, 0.6) is 0 Å². The first-order valence-corrected chi connectivity index (χ1v) is 6.32. The van der Waals surface area contributed by atoms with E-state index in [1.165, 1.54) is 16.8 Å². The quantitative estimate of drug-likeness (QED) is 0.625. The summed E-state index contributed by atoms with van der Waals surface area (Å²) in [6.45, 7) is 0.952. The van der Waals surface area contributed by atoms with Gasteiger partial charge in [0.1, 0.15) is 11.7 Å². The zero-order valence-corrected chi connectivity index (χ0v) is 12.3. The van der Waals surface area contributed by atoms with Crippen LogP contribution in [0.15, 0.2) is 6.08 Å². The monoisotopic (exact) mass is 314 g/mol. The van der Waals surface area contributed by atoms with Gasteiger partial charge in [-0.3, -0.25) is 19.1 Å². The predicted octanol–water partition coefficient (Wildman–Crippen LogP) is -0.288. The SMILES string of the molecule is Cc1nn(C)c(Cl)c1/C=C/C(=O)NCC(=O)NCC(=O)O. The molecule has 0 unspecified atom stereocenters. The van der Waals surface area contributed by atoms with Crippen molar-refractivity contribution in [2.75, 3.05) is 13.1 Å². The van der Waals surface area contributed by atoms with Crippen LogP contribution < -0.4 is 10.6 Å². The molecule has 0 aliphatic rings. The predicted molar refractivity (Wildman–Crippen MR) is 75.6 cm³/mol. The molecule has 2 amide bonds. The summed E-state index contributed by atoms with van der Waals surface area (Å²) in [5, 5.41) is 17.3. The maximum Gasteiger partial charge on any atom is 0.322 e. The molecule has 114 valence electrons. The van der Waals surface area contributed by atoms with Gasteiger partial charge in [0, 0.05) is 18.7 Å². The number of carboxylic acids is 1. The van der Waals surface area contributed by atoms with Crippen LogP contribution in [0.3, 0.4) is 0 Å². The molecular formula is C12H15ClN4O4. The van der Waals surface area contributed by atoms with Gasteiger partial charge in [-0.15, -0.1) is 0 Å². The van der Waals surface area contributed by atoms with E-state index in [0.29, 0.717) is 16.4 Å².